The second-order valence-corrected chi connectivity index (χ2v) is 11.3. The molecule has 0 aromatic carbocycles. The molecule has 0 N–H and O–H groups in total. The average molecular weight is 371 g/mol. The van der Waals surface area contributed by atoms with Gasteiger partial charge in [0.1, 0.15) is 0 Å². The lowest BCUT2D eigenvalue weighted by molar-refractivity contribution is 0.565. The molecule has 0 aliphatic heterocycles. The van der Waals surface area contributed by atoms with E-state index in [1.807, 2.05) is 0 Å². The Labute approximate surface area is 163 Å². The van der Waals surface area contributed by atoms with E-state index in [1.54, 1.807) is 0 Å². The molecule has 0 aromatic heterocycles. The molecule has 25 heavy (non-hydrogen) atoms. The van der Waals surface area contributed by atoms with Gasteiger partial charge in [-0.25, -0.2) is 0 Å². The van der Waals surface area contributed by atoms with Crippen LogP contribution in [-0.2, 0) is 0 Å². The van der Waals surface area contributed by atoms with Gasteiger partial charge in [-0.15, -0.1) is 0 Å². The minimum atomic E-state index is 0.197. The zero-order valence-corrected chi connectivity index (χ0v) is 19.7. The Morgan fingerprint density at radius 2 is 0.680 bits per heavy atom. The quantitative estimate of drug-likeness (QED) is 0.211. The molecule has 0 nitrogen and oxygen atoms in total. The maximum absolute atomic E-state index is 2.42. The van der Waals surface area contributed by atoms with Crippen molar-refractivity contribution in [1.29, 1.82) is 0 Å². The summed E-state index contributed by atoms with van der Waals surface area (Å²) >= 11 is 0. The summed E-state index contributed by atoms with van der Waals surface area (Å²) in [6.45, 7) is 14.4. The zero-order chi connectivity index (χ0) is 18.9. The van der Waals surface area contributed by atoms with E-state index in [-0.39, 0.29) is 7.92 Å². The van der Waals surface area contributed by atoms with Crippen LogP contribution in [0.25, 0.3) is 0 Å². The van der Waals surface area contributed by atoms with Crippen molar-refractivity contribution in [3.05, 3.63) is 0 Å². The molecular formula is C24H51P. The molecule has 0 rings (SSSR count). The molecule has 0 fully saturated rings. The fourth-order valence-corrected chi connectivity index (χ4v) is 9.44. The summed E-state index contributed by atoms with van der Waals surface area (Å²) < 4.78 is 0. The molecule has 0 amide bonds. The van der Waals surface area contributed by atoms with Gasteiger partial charge in [0, 0.05) is 0 Å². The molecule has 0 radical (unpaired) electrons. The van der Waals surface area contributed by atoms with Gasteiger partial charge in [0.25, 0.3) is 0 Å². The molecular weight excluding hydrogens is 319 g/mol. The second kappa shape index (κ2) is 17.8. The van der Waals surface area contributed by atoms with Crippen LogP contribution in [0, 0.1) is 0 Å². The Morgan fingerprint density at radius 3 is 0.880 bits per heavy atom. The topological polar surface area (TPSA) is 0 Å². The second-order valence-electron chi connectivity index (χ2n) is 8.20. The Bertz CT molecular complexity index is 220. The Balaban J connectivity index is 5.47. The van der Waals surface area contributed by atoms with E-state index in [0.717, 1.165) is 17.0 Å². The van der Waals surface area contributed by atoms with E-state index in [1.165, 1.54) is 96.3 Å². The van der Waals surface area contributed by atoms with E-state index >= 15 is 0 Å². The molecule has 0 aliphatic rings. The van der Waals surface area contributed by atoms with Gasteiger partial charge in [-0.3, -0.25) is 0 Å². The smallest absolute Gasteiger partial charge is 0.0204 e. The maximum Gasteiger partial charge on any atom is -0.0204 e. The molecule has 0 saturated carbocycles. The SMILES string of the molecule is CCCCC(CCC)P(C(CCC)CCCC)C(CCC)CCCC. The average Bonchev–Trinajstić information content (AvgIpc) is 2.62. The van der Waals surface area contributed by atoms with E-state index < -0.39 is 0 Å². The summed E-state index contributed by atoms with van der Waals surface area (Å²) in [5.74, 6) is 0. The Morgan fingerprint density at radius 1 is 0.400 bits per heavy atom. The predicted molar refractivity (Wildman–Crippen MR) is 122 cm³/mol. The van der Waals surface area contributed by atoms with Gasteiger partial charge in [-0.05, 0) is 55.5 Å². The van der Waals surface area contributed by atoms with Crippen LogP contribution in [0.2, 0.25) is 0 Å². The van der Waals surface area contributed by atoms with E-state index in [2.05, 4.69) is 41.5 Å². The molecule has 0 aromatic rings. The van der Waals surface area contributed by atoms with Crippen LogP contribution in [0.3, 0.4) is 0 Å². The van der Waals surface area contributed by atoms with Gasteiger partial charge < -0.3 is 0 Å². The van der Waals surface area contributed by atoms with Crippen LogP contribution in [0.1, 0.15) is 138 Å². The molecule has 3 atom stereocenters. The Kier molecular flexibility index (Phi) is 18.1. The van der Waals surface area contributed by atoms with Gasteiger partial charge in [0.2, 0.25) is 0 Å². The molecule has 0 saturated heterocycles. The van der Waals surface area contributed by atoms with Crippen molar-refractivity contribution in [2.45, 2.75) is 155 Å². The van der Waals surface area contributed by atoms with Crippen LogP contribution in [0.5, 0.6) is 0 Å². The van der Waals surface area contributed by atoms with Gasteiger partial charge in [0.15, 0.2) is 0 Å². The van der Waals surface area contributed by atoms with Crippen molar-refractivity contribution in [2.24, 2.45) is 0 Å². The van der Waals surface area contributed by atoms with Crippen molar-refractivity contribution in [2.75, 3.05) is 0 Å². The normalized spacial score (nSPS) is 16.6. The zero-order valence-electron chi connectivity index (χ0n) is 18.8. The van der Waals surface area contributed by atoms with Gasteiger partial charge in [0.05, 0.1) is 0 Å². The largest absolute Gasteiger partial charge is 0.0971 e. The highest BCUT2D eigenvalue weighted by Gasteiger charge is 2.33. The van der Waals surface area contributed by atoms with Crippen molar-refractivity contribution < 1.29 is 0 Å². The third-order valence-electron chi connectivity index (χ3n) is 5.80. The lowest BCUT2D eigenvalue weighted by Crippen LogP contribution is -2.24. The predicted octanol–water partition coefficient (Wildman–Crippen LogP) is 9.54. The van der Waals surface area contributed by atoms with E-state index in [4.69, 9.17) is 0 Å². The minimum Gasteiger partial charge on any atom is -0.0971 e. The number of rotatable bonds is 18. The third-order valence-corrected chi connectivity index (χ3v) is 9.88. The highest BCUT2D eigenvalue weighted by Crippen LogP contribution is 2.59. The molecule has 0 heterocycles. The molecule has 3 unspecified atom stereocenters. The minimum absolute atomic E-state index is 0.197. The van der Waals surface area contributed by atoms with Crippen LogP contribution in [0.4, 0.5) is 0 Å². The molecule has 1 heteroatoms. The summed E-state index contributed by atoms with van der Waals surface area (Å²) in [5.41, 5.74) is 3.17. The molecule has 0 bridgehead atoms. The standard InChI is InChI=1S/C24H51P/c1-7-13-19-22(16-10-4)25(23(17-11-5)20-14-8-2)24(18-12-6)21-15-9-3/h22-24H,7-21H2,1-6H3. The third kappa shape index (κ3) is 11.0. The Hall–Kier alpha value is 0.430. The van der Waals surface area contributed by atoms with Crippen LogP contribution >= 0.6 is 7.92 Å². The number of hydrogen-bond donors (Lipinski definition) is 0. The first-order valence-electron chi connectivity index (χ1n) is 12.0. The van der Waals surface area contributed by atoms with Crippen molar-refractivity contribution in [3.8, 4) is 0 Å². The summed E-state index contributed by atoms with van der Waals surface area (Å²) in [7, 11) is 0.197. The number of hydrogen-bond acceptors (Lipinski definition) is 0. The summed E-state index contributed by atoms with van der Waals surface area (Å²) in [4.78, 5) is 0. The maximum atomic E-state index is 2.42. The molecule has 152 valence electrons. The summed E-state index contributed by atoms with van der Waals surface area (Å²) in [6.07, 6.45) is 21.8. The fourth-order valence-electron chi connectivity index (χ4n) is 4.54. The highest BCUT2D eigenvalue weighted by atomic mass is 31.1. The van der Waals surface area contributed by atoms with E-state index in [0.29, 0.717) is 0 Å². The van der Waals surface area contributed by atoms with Crippen molar-refractivity contribution >= 4 is 7.92 Å². The lowest BCUT2D eigenvalue weighted by Gasteiger charge is -2.41. The number of unbranched alkanes of at least 4 members (excludes halogenated alkanes) is 3. The van der Waals surface area contributed by atoms with Crippen molar-refractivity contribution in [3.63, 3.8) is 0 Å². The first-order valence-corrected chi connectivity index (χ1v) is 13.5. The van der Waals surface area contributed by atoms with Crippen molar-refractivity contribution in [1.82, 2.24) is 0 Å². The van der Waals surface area contributed by atoms with Gasteiger partial charge in [-0.2, -0.15) is 0 Å². The monoisotopic (exact) mass is 370 g/mol. The van der Waals surface area contributed by atoms with Gasteiger partial charge >= 0.3 is 0 Å². The van der Waals surface area contributed by atoms with Crippen LogP contribution < -0.4 is 0 Å². The summed E-state index contributed by atoms with van der Waals surface area (Å²) in [5, 5.41) is 0. The van der Waals surface area contributed by atoms with Gasteiger partial charge in [-0.1, -0.05) is 107 Å². The lowest BCUT2D eigenvalue weighted by atomic mass is 10.1. The first-order chi connectivity index (χ1) is 12.2. The first kappa shape index (κ1) is 25.4. The molecule has 0 spiro atoms. The van der Waals surface area contributed by atoms with E-state index in [9.17, 15) is 0 Å². The fraction of sp³-hybridized carbons (Fsp3) is 1.00. The van der Waals surface area contributed by atoms with Crippen LogP contribution in [0.15, 0.2) is 0 Å². The molecule has 0 aliphatic carbocycles. The summed E-state index contributed by atoms with van der Waals surface area (Å²) in [6, 6.07) is 0. The van der Waals surface area contributed by atoms with Crippen LogP contribution in [-0.4, -0.2) is 17.0 Å². The highest BCUT2D eigenvalue weighted by molar-refractivity contribution is 7.59.